The van der Waals surface area contributed by atoms with E-state index in [0.29, 0.717) is 28.4 Å². The Labute approximate surface area is 230 Å². The highest BCUT2D eigenvalue weighted by Crippen LogP contribution is 2.32. The molecular formula is C26H27ClF2N6O3S. The fraction of sp³-hybridized carbons (Fsp3) is 0.346. The van der Waals surface area contributed by atoms with E-state index in [1.807, 2.05) is 6.92 Å². The summed E-state index contributed by atoms with van der Waals surface area (Å²) in [6, 6.07) is 7.83. The lowest BCUT2D eigenvalue weighted by atomic mass is 10.0. The second kappa shape index (κ2) is 11.8. The average Bonchev–Trinajstić information content (AvgIpc) is 3.28. The number of nitrogens with zero attached hydrogens (tertiary/aromatic N) is 6. The summed E-state index contributed by atoms with van der Waals surface area (Å²) in [5.74, 6) is -1.51. The van der Waals surface area contributed by atoms with Gasteiger partial charge in [0.2, 0.25) is 0 Å². The fourth-order valence-corrected chi connectivity index (χ4v) is 5.93. The number of benzene rings is 1. The van der Waals surface area contributed by atoms with Gasteiger partial charge in [-0.3, -0.25) is 0 Å². The predicted octanol–water partition coefficient (Wildman–Crippen LogP) is 5.06. The Morgan fingerprint density at radius 3 is 2.33 bits per heavy atom. The lowest BCUT2D eigenvalue weighted by molar-refractivity contribution is 0.0948. The lowest BCUT2D eigenvalue weighted by Gasteiger charge is -2.24. The highest BCUT2D eigenvalue weighted by Gasteiger charge is 2.35. The van der Waals surface area contributed by atoms with Crippen LogP contribution in [0, 0.1) is 18.6 Å². The lowest BCUT2D eigenvalue weighted by Crippen LogP contribution is -2.30. The van der Waals surface area contributed by atoms with Crippen molar-refractivity contribution in [3.05, 3.63) is 88.4 Å². The topological polar surface area (TPSA) is 113 Å². The number of sulfone groups is 1. The number of pyridine rings is 1. The first-order valence-corrected chi connectivity index (χ1v) is 14.2. The smallest absolute Gasteiger partial charge is 0.183 e. The molecule has 13 heteroatoms. The second-order valence-corrected chi connectivity index (χ2v) is 11.8. The van der Waals surface area contributed by atoms with Crippen LogP contribution in [0.15, 0.2) is 48.8 Å². The SMILES string of the molecule is CC[C@H](c1cc(F)cc(F)c1)n1c(CS(=O)(=O)[C@@H](C)[C@H](OC)c2ncc(Cl)cn2)nnc1-c1cccc(C)n1. The van der Waals surface area contributed by atoms with Crippen LogP contribution in [-0.4, -0.2) is 50.5 Å². The molecule has 0 aliphatic carbocycles. The van der Waals surface area contributed by atoms with Gasteiger partial charge in [0.1, 0.15) is 35.0 Å². The van der Waals surface area contributed by atoms with Crippen LogP contribution in [0.5, 0.6) is 0 Å². The molecule has 0 saturated carbocycles. The van der Waals surface area contributed by atoms with Crippen molar-refractivity contribution < 1.29 is 21.9 Å². The molecule has 1 aromatic carbocycles. The first-order chi connectivity index (χ1) is 18.5. The normalized spacial score (nSPS) is 14.2. The first-order valence-electron chi connectivity index (χ1n) is 12.1. The molecule has 9 nitrogen and oxygen atoms in total. The Kier molecular flexibility index (Phi) is 8.67. The molecule has 0 aliphatic heterocycles. The fourth-order valence-electron chi connectivity index (χ4n) is 4.40. The molecule has 0 amide bonds. The molecule has 3 aromatic heterocycles. The van der Waals surface area contributed by atoms with Gasteiger partial charge < -0.3 is 9.30 Å². The van der Waals surface area contributed by atoms with Crippen molar-refractivity contribution in [2.24, 2.45) is 0 Å². The zero-order valence-electron chi connectivity index (χ0n) is 21.7. The second-order valence-electron chi connectivity index (χ2n) is 9.03. The van der Waals surface area contributed by atoms with Crippen LogP contribution in [0.1, 0.15) is 55.3 Å². The third-order valence-electron chi connectivity index (χ3n) is 6.32. The maximum atomic E-state index is 14.2. The highest BCUT2D eigenvalue weighted by atomic mass is 35.5. The summed E-state index contributed by atoms with van der Waals surface area (Å²) in [7, 11) is -2.59. The van der Waals surface area contributed by atoms with E-state index >= 15 is 0 Å². The van der Waals surface area contributed by atoms with Crippen LogP contribution >= 0.6 is 11.6 Å². The van der Waals surface area contributed by atoms with Crippen molar-refractivity contribution >= 4 is 21.4 Å². The number of aryl methyl sites for hydroxylation is 1. The molecule has 3 atom stereocenters. The molecule has 0 unspecified atom stereocenters. The number of ether oxygens (including phenoxy) is 1. The van der Waals surface area contributed by atoms with Crippen molar-refractivity contribution in [3.8, 4) is 11.5 Å². The van der Waals surface area contributed by atoms with Crippen LogP contribution in [0.4, 0.5) is 8.78 Å². The van der Waals surface area contributed by atoms with Gasteiger partial charge in [-0.25, -0.2) is 32.2 Å². The zero-order valence-corrected chi connectivity index (χ0v) is 23.3. The Hall–Kier alpha value is -3.35. The van der Waals surface area contributed by atoms with Crippen molar-refractivity contribution in [1.82, 2.24) is 29.7 Å². The Morgan fingerprint density at radius 2 is 1.74 bits per heavy atom. The van der Waals surface area contributed by atoms with Gasteiger partial charge in [-0.15, -0.1) is 10.2 Å². The van der Waals surface area contributed by atoms with E-state index < -0.39 is 44.6 Å². The number of methoxy groups -OCH3 is 1. The summed E-state index contributed by atoms with van der Waals surface area (Å²) in [5.41, 5.74) is 1.46. The molecule has 4 aromatic rings. The molecule has 0 saturated heterocycles. The summed E-state index contributed by atoms with van der Waals surface area (Å²) in [5, 5.41) is 7.70. The van der Waals surface area contributed by atoms with E-state index in [2.05, 4.69) is 25.1 Å². The highest BCUT2D eigenvalue weighted by molar-refractivity contribution is 7.91. The zero-order chi connectivity index (χ0) is 28.3. The Bertz CT molecular complexity index is 1550. The van der Waals surface area contributed by atoms with E-state index in [1.165, 1.54) is 38.6 Å². The van der Waals surface area contributed by atoms with E-state index in [0.717, 1.165) is 6.07 Å². The molecule has 0 aliphatic rings. The molecule has 206 valence electrons. The van der Waals surface area contributed by atoms with Gasteiger partial charge in [-0.05, 0) is 50.1 Å². The van der Waals surface area contributed by atoms with Crippen molar-refractivity contribution in [1.29, 1.82) is 0 Å². The molecule has 0 spiro atoms. The maximum absolute atomic E-state index is 14.2. The third kappa shape index (κ3) is 6.29. The molecule has 0 radical (unpaired) electrons. The monoisotopic (exact) mass is 576 g/mol. The number of hydrogen-bond acceptors (Lipinski definition) is 8. The third-order valence-corrected chi connectivity index (χ3v) is 8.56. The van der Waals surface area contributed by atoms with Gasteiger partial charge in [0.25, 0.3) is 0 Å². The van der Waals surface area contributed by atoms with Crippen LogP contribution < -0.4 is 0 Å². The summed E-state index contributed by atoms with van der Waals surface area (Å²) in [6.45, 7) is 5.12. The Morgan fingerprint density at radius 1 is 1.08 bits per heavy atom. The largest absolute Gasteiger partial charge is 0.372 e. The molecule has 4 rings (SSSR count). The van der Waals surface area contributed by atoms with Gasteiger partial charge in [-0.1, -0.05) is 24.6 Å². The van der Waals surface area contributed by atoms with E-state index in [4.69, 9.17) is 16.3 Å². The van der Waals surface area contributed by atoms with E-state index in [-0.39, 0.29) is 17.5 Å². The van der Waals surface area contributed by atoms with Crippen LogP contribution in [0.2, 0.25) is 5.02 Å². The van der Waals surface area contributed by atoms with Gasteiger partial charge in [0, 0.05) is 31.3 Å². The first kappa shape index (κ1) is 28.7. The van der Waals surface area contributed by atoms with Crippen molar-refractivity contribution in [2.45, 2.75) is 50.3 Å². The molecular weight excluding hydrogens is 550 g/mol. The minimum Gasteiger partial charge on any atom is -0.372 e. The molecule has 0 fully saturated rings. The average molecular weight is 577 g/mol. The Balaban J connectivity index is 1.80. The van der Waals surface area contributed by atoms with Gasteiger partial charge in [0.05, 0.1) is 16.3 Å². The summed E-state index contributed by atoms with van der Waals surface area (Å²) >= 11 is 5.88. The summed E-state index contributed by atoms with van der Waals surface area (Å²) < 4.78 is 62.8. The number of aromatic nitrogens is 6. The van der Waals surface area contributed by atoms with Crippen LogP contribution in [0.25, 0.3) is 11.5 Å². The van der Waals surface area contributed by atoms with Crippen molar-refractivity contribution in [3.63, 3.8) is 0 Å². The standard InChI is InChI=1S/C26H27ClF2N6O3S/c1-5-22(17-9-19(28)11-20(29)10-17)35-23(33-34-26(35)21-8-6-7-15(2)32-21)14-39(36,37)16(3)24(38-4)25-30-12-18(27)13-31-25/h6-13,16,22,24H,5,14H2,1-4H3/t16-,22+,24-/m0/s1. The van der Waals surface area contributed by atoms with E-state index in [1.54, 1.807) is 29.7 Å². The molecule has 0 N–H and O–H groups in total. The van der Waals surface area contributed by atoms with Crippen LogP contribution in [-0.2, 0) is 20.3 Å². The maximum Gasteiger partial charge on any atom is 0.183 e. The summed E-state index contributed by atoms with van der Waals surface area (Å²) in [6.07, 6.45) is 2.09. The number of hydrogen-bond donors (Lipinski definition) is 0. The predicted molar refractivity (Wildman–Crippen MR) is 142 cm³/mol. The molecule has 39 heavy (non-hydrogen) atoms. The minimum atomic E-state index is -3.95. The summed E-state index contributed by atoms with van der Waals surface area (Å²) in [4.78, 5) is 12.7. The van der Waals surface area contributed by atoms with Crippen LogP contribution in [0.3, 0.4) is 0 Å². The van der Waals surface area contributed by atoms with Gasteiger partial charge in [0.15, 0.2) is 21.5 Å². The van der Waals surface area contributed by atoms with Crippen molar-refractivity contribution in [2.75, 3.05) is 7.11 Å². The minimum absolute atomic E-state index is 0.0866. The van der Waals surface area contributed by atoms with Gasteiger partial charge in [-0.2, -0.15) is 0 Å². The quantitative estimate of drug-likeness (QED) is 0.257. The van der Waals surface area contributed by atoms with Gasteiger partial charge >= 0.3 is 0 Å². The molecule has 3 heterocycles. The number of rotatable bonds is 10. The van der Waals surface area contributed by atoms with E-state index in [9.17, 15) is 17.2 Å². The number of halogens is 3. The molecule has 0 bridgehead atoms.